The molecule has 21 heavy (non-hydrogen) atoms. The van der Waals surface area contributed by atoms with Gasteiger partial charge in [0, 0.05) is 0 Å². The molecule has 0 spiro atoms. The van der Waals surface area contributed by atoms with Crippen molar-refractivity contribution in [3.63, 3.8) is 0 Å². The van der Waals surface area contributed by atoms with Crippen LogP contribution in [0.3, 0.4) is 0 Å². The first kappa shape index (κ1) is 17.5. The molecule has 0 unspecified atom stereocenters. The molecule has 1 heterocycles. The number of hydrogen-bond donors (Lipinski definition) is 2. The van der Waals surface area contributed by atoms with Gasteiger partial charge in [0.15, 0.2) is 11.5 Å². The fourth-order valence-electron chi connectivity index (χ4n) is 2.08. The molecule has 0 fully saturated rings. The van der Waals surface area contributed by atoms with Gasteiger partial charge in [0.1, 0.15) is 0 Å². The standard InChI is InChI=1S/C13H18N2O5.ClH/c1-13(2,3)12(16)11(14)7-4-9-10(20-6-19-9)5-8(7)15(17)18;/h4-5,11-12,16H,6,14H2,1-3H3;1H/t11-,12-;/m1./s1. The average molecular weight is 319 g/mol. The molecule has 0 saturated heterocycles. The van der Waals surface area contributed by atoms with E-state index in [0.717, 1.165) is 0 Å². The SMILES string of the molecule is CC(C)(C)[C@H](O)[C@H](N)c1cc2c(cc1[N+](=O)[O-])OCO2.Cl. The Hall–Kier alpha value is -1.57. The maximum Gasteiger partial charge on any atom is 0.278 e. The Morgan fingerprint density at radius 1 is 1.33 bits per heavy atom. The molecule has 1 aromatic carbocycles. The van der Waals surface area contributed by atoms with Crippen molar-refractivity contribution < 1.29 is 19.5 Å². The van der Waals surface area contributed by atoms with E-state index in [9.17, 15) is 15.2 Å². The van der Waals surface area contributed by atoms with Crippen LogP contribution in [0.4, 0.5) is 5.69 Å². The van der Waals surface area contributed by atoms with Crippen molar-refractivity contribution in [2.45, 2.75) is 32.9 Å². The lowest BCUT2D eigenvalue weighted by Crippen LogP contribution is -2.37. The number of rotatable bonds is 3. The topological polar surface area (TPSA) is 108 Å². The quantitative estimate of drug-likeness (QED) is 0.653. The Kier molecular flexibility index (Phi) is 5.03. The molecule has 0 aromatic heterocycles. The second-order valence-electron chi connectivity index (χ2n) is 5.86. The van der Waals surface area contributed by atoms with Crippen molar-refractivity contribution in [3.05, 3.63) is 27.8 Å². The molecular formula is C13H19ClN2O5. The lowest BCUT2D eigenvalue weighted by molar-refractivity contribution is -0.386. The maximum atomic E-state index is 11.2. The minimum atomic E-state index is -0.929. The molecule has 1 aliphatic rings. The zero-order valence-corrected chi connectivity index (χ0v) is 12.8. The Morgan fingerprint density at radius 2 is 1.86 bits per heavy atom. The third-order valence-corrected chi connectivity index (χ3v) is 3.31. The number of halogens is 1. The van der Waals surface area contributed by atoms with E-state index in [0.29, 0.717) is 11.5 Å². The van der Waals surface area contributed by atoms with E-state index >= 15 is 0 Å². The number of hydrogen-bond acceptors (Lipinski definition) is 6. The van der Waals surface area contributed by atoms with Crippen molar-refractivity contribution in [2.24, 2.45) is 11.1 Å². The van der Waals surface area contributed by atoms with Crippen LogP contribution in [0, 0.1) is 15.5 Å². The summed E-state index contributed by atoms with van der Waals surface area (Å²) in [6.45, 7) is 5.47. The molecule has 7 nitrogen and oxygen atoms in total. The van der Waals surface area contributed by atoms with Crippen LogP contribution in [0.5, 0.6) is 11.5 Å². The first-order valence-electron chi connectivity index (χ1n) is 6.23. The fourth-order valence-corrected chi connectivity index (χ4v) is 2.08. The van der Waals surface area contributed by atoms with E-state index in [1.165, 1.54) is 12.1 Å². The predicted octanol–water partition coefficient (Wildman–Crippen LogP) is 2.15. The van der Waals surface area contributed by atoms with Crippen LogP contribution < -0.4 is 15.2 Å². The van der Waals surface area contributed by atoms with Crippen LogP contribution in [0.25, 0.3) is 0 Å². The molecule has 118 valence electrons. The van der Waals surface area contributed by atoms with Gasteiger partial charge in [-0.2, -0.15) is 0 Å². The average Bonchev–Trinajstić information content (AvgIpc) is 2.81. The lowest BCUT2D eigenvalue weighted by Gasteiger charge is -2.30. The molecular weight excluding hydrogens is 300 g/mol. The summed E-state index contributed by atoms with van der Waals surface area (Å²) in [6, 6.07) is 1.87. The summed E-state index contributed by atoms with van der Waals surface area (Å²) in [5, 5.41) is 21.4. The zero-order valence-electron chi connectivity index (χ0n) is 12.0. The van der Waals surface area contributed by atoms with Crippen LogP contribution in [0.15, 0.2) is 12.1 Å². The van der Waals surface area contributed by atoms with E-state index in [1.54, 1.807) is 0 Å². The Morgan fingerprint density at radius 3 is 2.33 bits per heavy atom. The molecule has 0 amide bonds. The van der Waals surface area contributed by atoms with Gasteiger partial charge in [-0.05, 0) is 11.5 Å². The highest BCUT2D eigenvalue weighted by molar-refractivity contribution is 5.85. The number of nitro groups is 1. The number of aliphatic hydroxyl groups excluding tert-OH is 1. The molecule has 0 radical (unpaired) electrons. The summed E-state index contributed by atoms with van der Waals surface area (Å²) in [5.41, 5.74) is 5.57. The van der Waals surface area contributed by atoms with Crippen LogP contribution in [-0.4, -0.2) is 22.9 Å². The summed E-state index contributed by atoms with van der Waals surface area (Å²) >= 11 is 0. The van der Waals surface area contributed by atoms with Crippen LogP contribution in [-0.2, 0) is 0 Å². The first-order chi connectivity index (χ1) is 9.21. The third kappa shape index (κ3) is 3.37. The number of nitrogens with zero attached hydrogens (tertiary/aromatic N) is 1. The lowest BCUT2D eigenvalue weighted by atomic mass is 9.82. The first-order valence-corrected chi connectivity index (χ1v) is 6.23. The Labute approximate surface area is 128 Å². The molecule has 2 rings (SSSR count). The number of ether oxygens (including phenoxy) is 2. The van der Waals surface area contributed by atoms with Crippen molar-refractivity contribution in [1.82, 2.24) is 0 Å². The van der Waals surface area contributed by atoms with Gasteiger partial charge in [-0.3, -0.25) is 10.1 Å². The molecule has 2 atom stereocenters. The Bertz CT molecular complexity index is 544. The molecule has 0 saturated carbocycles. The van der Waals surface area contributed by atoms with Crippen molar-refractivity contribution in [3.8, 4) is 11.5 Å². The normalized spacial score (nSPS) is 16.0. The van der Waals surface area contributed by atoms with Gasteiger partial charge in [-0.25, -0.2) is 0 Å². The summed E-state index contributed by atoms with van der Waals surface area (Å²) in [7, 11) is 0. The predicted molar refractivity (Wildman–Crippen MR) is 78.9 cm³/mol. The summed E-state index contributed by atoms with van der Waals surface area (Å²) in [6.07, 6.45) is -0.929. The summed E-state index contributed by atoms with van der Waals surface area (Å²) < 4.78 is 10.3. The van der Waals surface area contributed by atoms with Crippen LogP contribution in [0.2, 0.25) is 0 Å². The van der Waals surface area contributed by atoms with Gasteiger partial charge in [0.05, 0.1) is 28.7 Å². The van der Waals surface area contributed by atoms with E-state index in [-0.39, 0.29) is 30.5 Å². The molecule has 0 aliphatic carbocycles. The molecule has 1 aromatic rings. The second-order valence-corrected chi connectivity index (χ2v) is 5.86. The van der Waals surface area contributed by atoms with E-state index in [4.69, 9.17) is 15.2 Å². The number of nitrogens with two attached hydrogens (primary N) is 1. The smallest absolute Gasteiger partial charge is 0.278 e. The molecule has 0 bridgehead atoms. The number of benzene rings is 1. The molecule has 8 heteroatoms. The largest absolute Gasteiger partial charge is 0.454 e. The summed E-state index contributed by atoms with van der Waals surface area (Å²) in [4.78, 5) is 10.6. The number of nitro benzene ring substituents is 1. The molecule has 3 N–H and O–H groups in total. The van der Waals surface area contributed by atoms with E-state index in [1.807, 2.05) is 20.8 Å². The van der Waals surface area contributed by atoms with Crippen LogP contribution in [0.1, 0.15) is 32.4 Å². The summed E-state index contributed by atoms with van der Waals surface area (Å²) in [5.74, 6) is 0.722. The van der Waals surface area contributed by atoms with Crippen LogP contribution >= 0.6 is 12.4 Å². The zero-order chi connectivity index (χ0) is 15.1. The molecule has 1 aliphatic heterocycles. The van der Waals surface area contributed by atoms with Gasteiger partial charge in [0.25, 0.3) is 5.69 Å². The van der Waals surface area contributed by atoms with Gasteiger partial charge in [-0.15, -0.1) is 12.4 Å². The van der Waals surface area contributed by atoms with Crippen molar-refractivity contribution in [1.29, 1.82) is 0 Å². The highest BCUT2D eigenvalue weighted by atomic mass is 35.5. The van der Waals surface area contributed by atoms with Gasteiger partial charge in [0.2, 0.25) is 6.79 Å². The van der Waals surface area contributed by atoms with Crippen molar-refractivity contribution >= 4 is 18.1 Å². The highest BCUT2D eigenvalue weighted by Crippen LogP contribution is 2.41. The minimum absolute atomic E-state index is 0. The van der Waals surface area contributed by atoms with Crippen molar-refractivity contribution in [2.75, 3.05) is 6.79 Å². The third-order valence-electron chi connectivity index (χ3n) is 3.31. The van der Waals surface area contributed by atoms with E-state index < -0.39 is 22.5 Å². The van der Waals surface area contributed by atoms with E-state index in [2.05, 4.69) is 0 Å². The van der Waals surface area contributed by atoms with Gasteiger partial charge < -0.3 is 20.3 Å². The Balaban J connectivity index is 0.00000220. The van der Waals surface area contributed by atoms with Gasteiger partial charge in [-0.1, -0.05) is 20.8 Å². The monoisotopic (exact) mass is 318 g/mol. The fraction of sp³-hybridized carbons (Fsp3) is 0.538. The minimum Gasteiger partial charge on any atom is -0.454 e. The van der Waals surface area contributed by atoms with Gasteiger partial charge >= 0.3 is 0 Å². The second kappa shape index (κ2) is 6.05. The number of fused-ring (bicyclic) bond motifs is 1. The number of aliphatic hydroxyl groups is 1. The highest BCUT2D eigenvalue weighted by Gasteiger charge is 2.34. The maximum absolute atomic E-state index is 11.2.